The molecule has 2 N–H and O–H groups in total. The maximum absolute atomic E-state index is 11.4. The number of carboxylic acids is 1. The highest BCUT2D eigenvalue weighted by molar-refractivity contribution is 7.90. The Morgan fingerprint density at radius 1 is 1.60 bits per heavy atom. The molecule has 6 nitrogen and oxygen atoms in total. The molecule has 15 heavy (non-hydrogen) atoms. The first-order valence-electron chi connectivity index (χ1n) is 4.46. The monoisotopic (exact) mass is 234 g/mol. The van der Waals surface area contributed by atoms with Gasteiger partial charge in [0.2, 0.25) is 10.0 Å². The number of hydrogen-bond acceptors (Lipinski definition) is 4. The van der Waals surface area contributed by atoms with Gasteiger partial charge in [0.15, 0.2) is 5.25 Å². The summed E-state index contributed by atoms with van der Waals surface area (Å²) < 4.78 is 25.0. The van der Waals surface area contributed by atoms with Crippen LogP contribution in [0.3, 0.4) is 0 Å². The highest BCUT2D eigenvalue weighted by Crippen LogP contribution is 2.04. The molecule has 0 saturated heterocycles. The van der Waals surface area contributed by atoms with Crippen molar-refractivity contribution in [3.8, 4) is 6.07 Å². The molecule has 0 aromatic heterocycles. The zero-order chi connectivity index (χ0) is 12.1. The predicted molar refractivity (Wildman–Crippen MR) is 53.5 cm³/mol. The van der Waals surface area contributed by atoms with E-state index in [9.17, 15) is 13.2 Å². The van der Waals surface area contributed by atoms with Crippen LogP contribution in [0.25, 0.3) is 0 Å². The number of carbonyl (C=O) groups is 1. The summed E-state index contributed by atoms with van der Waals surface area (Å²) in [5, 5.41) is 15.8. The second-order valence-corrected chi connectivity index (χ2v) is 5.17. The van der Waals surface area contributed by atoms with Crippen LogP contribution in [0.15, 0.2) is 0 Å². The van der Waals surface area contributed by atoms with Gasteiger partial charge < -0.3 is 5.11 Å². The van der Waals surface area contributed by atoms with E-state index in [2.05, 4.69) is 4.72 Å². The Morgan fingerprint density at radius 3 is 2.47 bits per heavy atom. The fourth-order valence-corrected chi connectivity index (χ4v) is 1.94. The Bertz CT molecular complexity index is 357. The third kappa shape index (κ3) is 4.76. The quantitative estimate of drug-likeness (QED) is 0.676. The van der Waals surface area contributed by atoms with Crippen molar-refractivity contribution in [1.82, 2.24) is 4.72 Å². The molecule has 2 atom stereocenters. The fourth-order valence-electron chi connectivity index (χ4n) is 0.884. The van der Waals surface area contributed by atoms with Gasteiger partial charge in [0.25, 0.3) is 0 Å². The lowest BCUT2D eigenvalue weighted by Gasteiger charge is -2.15. The minimum absolute atomic E-state index is 0.284. The Kier molecular flexibility index (Phi) is 5.25. The van der Waals surface area contributed by atoms with Crippen LogP contribution >= 0.6 is 0 Å². The van der Waals surface area contributed by atoms with Crippen molar-refractivity contribution in [3.63, 3.8) is 0 Å². The van der Waals surface area contributed by atoms with Crippen molar-refractivity contribution in [2.75, 3.05) is 0 Å². The Morgan fingerprint density at radius 2 is 2.13 bits per heavy atom. The molecule has 0 aromatic carbocycles. The average molecular weight is 234 g/mol. The van der Waals surface area contributed by atoms with E-state index in [1.165, 1.54) is 6.92 Å². The van der Waals surface area contributed by atoms with E-state index >= 15 is 0 Å². The van der Waals surface area contributed by atoms with E-state index in [0.717, 1.165) is 0 Å². The fraction of sp³-hybridized carbons (Fsp3) is 0.750. The molecule has 0 saturated carbocycles. The molecule has 7 heteroatoms. The molecule has 0 heterocycles. The maximum Gasteiger partial charge on any atom is 0.304 e. The van der Waals surface area contributed by atoms with Crippen LogP contribution in [0.2, 0.25) is 0 Å². The highest BCUT2D eigenvalue weighted by Gasteiger charge is 2.24. The zero-order valence-electron chi connectivity index (χ0n) is 8.60. The van der Waals surface area contributed by atoms with Gasteiger partial charge in [0, 0.05) is 6.04 Å². The van der Waals surface area contributed by atoms with Crippen LogP contribution in [-0.2, 0) is 14.8 Å². The second-order valence-electron chi connectivity index (χ2n) is 3.14. The Balaban J connectivity index is 4.56. The number of hydrogen-bond donors (Lipinski definition) is 2. The van der Waals surface area contributed by atoms with Gasteiger partial charge in [0.1, 0.15) is 0 Å². The summed E-state index contributed by atoms with van der Waals surface area (Å²) in [5.41, 5.74) is 0. The lowest BCUT2D eigenvalue weighted by atomic mass is 10.2. The maximum atomic E-state index is 11.4. The molecule has 0 aliphatic heterocycles. The number of nitrogens with zero attached hydrogens (tertiary/aromatic N) is 1. The number of carboxylic acid groups (broad SMARTS) is 1. The van der Waals surface area contributed by atoms with Gasteiger partial charge >= 0.3 is 5.97 Å². The summed E-state index contributed by atoms with van der Waals surface area (Å²) in [6.45, 7) is 2.92. The minimum Gasteiger partial charge on any atom is -0.481 e. The van der Waals surface area contributed by atoms with Crippen molar-refractivity contribution in [2.24, 2.45) is 0 Å². The summed E-state index contributed by atoms with van der Waals surface area (Å²) >= 11 is 0. The summed E-state index contributed by atoms with van der Waals surface area (Å²) in [4.78, 5) is 10.4. The van der Waals surface area contributed by atoms with Crippen LogP contribution in [0.4, 0.5) is 0 Å². The summed E-state index contributed by atoms with van der Waals surface area (Å²) in [6.07, 6.45) is 0.0809. The molecule has 0 aliphatic carbocycles. The minimum atomic E-state index is -3.74. The van der Waals surface area contributed by atoms with Crippen molar-refractivity contribution in [1.29, 1.82) is 5.26 Å². The number of rotatable bonds is 6. The molecule has 0 radical (unpaired) electrons. The molecule has 2 unspecified atom stereocenters. The van der Waals surface area contributed by atoms with Crippen molar-refractivity contribution in [2.45, 2.75) is 38.0 Å². The van der Waals surface area contributed by atoms with Gasteiger partial charge in [-0.15, -0.1) is 0 Å². The Labute approximate surface area is 89.0 Å². The molecule has 0 amide bonds. The van der Waals surface area contributed by atoms with Gasteiger partial charge in [-0.25, -0.2) is 13.1 Å². The van der Waals surface area contributed by atoms with E-state index in [0.29, 0.717) is 6.42 Å². The predicted octanol–water partition coefficient (Wildman–Crippen LogP) is 0.0712. The molecule has 0 spiro atoms. The average Bonchev–Trinajstić information content (AvgIpc) is 2.14. The molecule has 0 fully saturated rings. The summed E-state index contributed by atoms with van der Waals surface area (Å²) in [7, 11) is -3.74. The first kappa shape index (κ1) is 13.9. The van der Waals surface area contributed by atoms with Crippen LogP contribution in [-0.4, -0.2) is 30.8 Å². The van der Waals surface area contributed by atoms with Crippen molar-refractivity contribution in [3.05, 3.63) is 0 Å². The zero-order valence-corrected chi connectivity index (χ0v) is 9.41. The number of sulfonamides is 1. The SMILES string of the molecule is CCC(CC(=O)O)NS(=O)(=O)C(C)C#N. The van der Waals surface area contributed by atoms with E-state index in [4.69, 9.17) is 10.4 Å². The van der Waals surface area contributed by atoms with Gasteiger partial charge in [0.05, 0.1) is 12.5 Å². The summed E-state index contributed by atoms with van der Waals surface area (Å²) in [6, 6.07) is 0.926. The lowest BCUT2D eigenvalue weighted by molar-refractivity contribution is -0.137. The molecular weight excluding hydrogens is 220 g/mol. The number of nitriles is 1. The highest BCUT2D eigenvalue weighted by atomic mass is 32.2. The first-order chi connectivity index (χ1) is 6.83. The molecule has 0 rings (SSSR count). The smallest absolute Gasteiger partial charge is 0.304 e. The van der Waals surface area contributed by atoms with Crippen LogP contribution < -0.4 is 4.72 Å². The molecular formula is C8H14N2O4S. The molecule has 86 valence electrons. The van der Waals surface area contributed by atoms with E-state index < -0.39 is 27.3 Å². The van der Waals surface area contributed by atoms with E-state index in [1.54, 1.807) is 13.0 Å². The molecule has 0 aromatic rings. The van der Waals surface area contributed by atoms with Crippen LogP contribution in [0.1, 0.15) is 26.7 Å². The van der Waals surface area contributed by atoms with Gasteiger partial charge in [-0.2, -0.15) is 5.26 Å². The van der Waals surface area contributed by atoms with Crippen molar-refractivity contribution >= 4 is 16.0 Å². The van der Waals surface area contributed by atoms with Gasteiger partial charge in [-0.3, -0.25) is 4.79 Å². The third-order valence-corrected chi connectivity index (χ3v) is 3.59. The van der Waals surface area contributed by atoms with Crippen LogP contribution in [0.5, 0.6) is 0 Å². The number of nitrogens with one attached hydrogen (secondary N) is 1. The Hall–Kier alpha value is -1.13. The van der Waals surface area contributed by atoms with Crippen LogP contribution in [0, 0.1) is 11.3 Å². The van der Waals surface area contributed by atoms with E-state index in [-0.39, 0.29) is 6.42 Å². The van der Waals surface area contributed by atoms with Gasteiger partial charge in [-0.05, 0) is 13.3 Å². The topological polar surface area (TPSA) is 107 Å². The van der Waals surface area contributed by atoms with Crippen molar-refractivity contribution < 1.29 is 18.3 Å². The van der Waals surface area contributed by atoms with E-state index in [1.807, 2.05) is 0 Å². The second kappa shape index (κ2) is 5.68. The normalized spacial score (nSPS) is 15.3. The number of aliphatic carboxylic acids is 1. The largest absolute Gasteiger partial charge is 0.481 e. The molecule has 0 bridgehead atoms. The first-order valence-corrected chi connectivity index (χ1v) is 6.00. The standard InChI is InChI=1S/C8H14N2O4S/c1-3-7(4-8(11)12)10-15(13,14)6(2)5-9/h6-7,10H,3-4H2,1-2H3,(H,11,12). The summed E-state index contributed by atoms with van der Waals surface area (Å²) in [5.74, 6) is -1.07. The molecule has 0 aliphatic rings. The third-order valence-electron chi connectivity index (χ3n) is 1.89. The lowest BCUT2D eigenvalue weighted by Crippen LogP contribution is -2.40. The van der Waals surface area contributed by atoms with Gasteiger partial charge in [-0.1, -0.05) is 6.92 Å².